The molecule has 7 heteroatoms. The van der Waals surface area contributed by atoms with Crippen molar-refractivity contribution < 1.29 is 14.4 Å². The Balaban J connectivity index is 1.46. The van der Waals surface area contributed by atoms with Gasteiger partial charge in [-0.3, -0.25) is 19.3 Å². The van der Waals surface area contributed by atoms with Gasteiger partial charge in [0.15, 0.2) is 5.78 Å². The number of nitrogens with zero attached hydrogens (tertiary/aromatic N) is 1. The van der Waals surface area contributed by atoms with Gasteiger partial charge in [-0.25, -0.2) is 0 Å². The minimum absolute atomic E-state index is 0.119. The molecule has 2 N–H and O–H groups in total. The predicted octanol–water partition coefficient (Wildman–Crippen LogP) is 5.82. The molecule has 40 heavy (non-hydrogen) atoms. The molecule has 2 amide bonds. The van der Waals surface area contributed by atoms with Crippen LogP contribution in [-0.4, -0.2) is 35.1 Å². The molecule has 4 aromatic carbocycles. The summed E-state index contributed by atoms with van der Waals surface area (Å²) in [7, 11) is 0. The van der Waals surface area contributed by atoms with Crippen LogP contribution < -0.4 is 10.6 Å². The lowest BCUT2D eigenvalue weighted by Crippen LogP contribution is -2.62. The molecule has 0 saturated carbocycles. The zero-order valence-electron chi connectivity index (χ0n) is 21.8. The first-order valence-corrected chi connectivity index (χ1v) is 14.1. The number of hydrogen-bond donors (Lipinski definition) is 2. The number of rotatable bonds is 2. The summed E-state index contributed by atoms with van der Waals surface area (Å²) in [6.07, 6.45) is 1.54. The number of amides is 2. The van der Waals surface area contributed by atoms with Gasteiger partial charge in [-0.2, -0.15) is 0 Å². The lowest BCUT2D eigenvalue weighted by atomic mass is 9.57. The van der Waals surface area contributed by atoms with E-state index >= 15 is 0 Å². The quantitative estimate of drug-likeness (QED) is 0.310. The van der Waals surface area contributed by atoms with Crippen molar-refractivity contribution in [3.8, 4) is 0 Å². The van der Waals surface area contributed by atoms with E-state index in [1.165, 1.54) is 0 Å². The van der Waals surface area contributed by atoms with Gasteiger partial charge in [0.25, 0.3) is 5.91 Å². The summed E-state index contributed by atoms with van der Waals surface area (Å²) in [6.45, 7) is 2.51. The summed E-state index contributed by atoms with van der Waals surface area (Å²) in [6, 6.07) is 24.5. The Labute approximate surface area is 236 Å². The van der Waals surface area contributed by atoms with Crippen molar-refractivity contribution in [1.82, 2.24) is 4.90 Å². The average molecular weight is 548 g/mol. The number of para-hydroxylation sites is 1. The van der Waals surface area contributed by atoms with E-state index in [4.69, 9.17) is 11.6 Å². The second kappa shape index (κ2) is 8.03. The predicted molar refractivity (Wildman–Crippen MR) is 155 cm³/mol. The number of nitrogens with one attached hydrogen (secondary N) is 2. The van der Waals surface area contributed by atoms with Crippen molar-refractivity contribution in [3.63, 3.8) is 0 Å². The summed E-state index contributed by atoms with van der Waals surface area (Å²) < 4.78 is 0. The maximum absolute atomic E-state index is 14.9. The summed E-state index contributed by atoms with van der Waals surface area (Å²) in [5, 5.41) is 8.71. The van der Waals surface area contributed by atoms with Crippen LogP contribution in [0.3, 0.4) is 0 Å². The van der Waals surface area contributed by atoms with Gasteiger partial charge in [-0.1, -0.05) is 66.2 Å². The highest BCUT2D eigenvalue weighted by Gasteiger charge is 2.81. The number of aryl methyl sites for hydroxylation is 1. The highest BCUT2D eigenvalue weighted by Crippen LogP contribution is 2.68. The van der Waals surface area contributed by atoms with Gasteiger partial charge in [-0.05, 0) is 72.5 Å². The molecule has 0 bridgehead atoms. The number of carbonyl (C=O) groups is 3. The second-order valence-electron chi connectivity index (χ2n) is 11.4. The molecular weight excluding hydrogens is 522 g/mol. The zero-order chi connectivity index (χ0) is 27.4. The lowest BCUT2D eigenvalue weighted by molar-refractivity contribution is -0.137. The van der Waals surface area contributed by atoms with Crippen LogP contribution in [0.5, 0.6) is 0 Å². The number of hydrogen-bond acceptors (Lipinski definition) is 4. The smallest absolute Gasteiger partial charge is 0.251 e. The van der Waals surface area contributed by atoms with E-state index < -0.39 is 16.9 Å². The Kier molecular flexibility index (Phi) is 4.79. The molecule has 4 aliphatic rings. The summed E-state index contributed by atoms with van der Waals surface area (Å²) in [4.78, 5) is 46.2. The highest BCUT2D eigenvalue weighted by molar-refractivity contribution is 6.31. The molecule has 0 aromatic heterocycles. The number of anilines is 2. The standard InChI is InChI=1S/C33H26ClN3O3/c1-18-15-22(34)17-24-28(18)36-31(40)33(24)32(23-9-4-5-10-25(23)35-30(32)39)27(26-11-6-14-37(26)33)29(38)21-13-12-19-7-2-3-8-20(19)16-21/h2-5,7-10,12-13,15-17,26-27H,6,11,14H2,1H3,(H,35,39)(H,36,40)/t26-,27+,32+,33+/m1/s1. The number of fused-ring (bicyclic) bond motifs is 8. The monoisotopic (exact) mass is 547 g/mol. The molecule has 6 nitrogen and oxygen atoms in total. The van der Waals surface area contributed by atoms with Gasteiger partial charge in [0.1, 0.15) is 11.0 Å². The SMILES string of the molecule is Cc1cc(Cl)cc2c1NC(=O)[C@@]21N2CCC[C@@H]2[C@@H](C(=O)c2ccc3ccccc3c2)[C@@]12C(=O)Nc1ccccc12. The first-order chi connectivity index (χ1) is 19.4. The maximum Gasteiger partial charge on any atom is 0.251 e. The minimum Gasteiger partial charge on any atom is -0.325 e. The third kappa shape index (κ3) is 2.66. The largest absolute Gasteiger partial charge is 0.325 e. The van der Waals surface area contributed by atoms with Crippen LogP contribution in [-0.2, 0) is 20.5 Å². The van der Waals surface area contributed by atoms with Crippen molar-refractivity contribution in [2.24, 2.45) is 5.92 Å². The molecule has 4 aromatic rings. The van der Waals surface area contributed by atoms with E-state index in [9.17, 15) is 14.4 Å². The lowest BCUT2D eigenvalue weighted by Gasteiger charge is -2.43. The molecule has 0 aliphatic carbocycles. The number of halogens is 1. The van der Waals surface area contributed by atoms with Crippen LogP contribution in [0.1, 0.15) is 39.9 Å². The van der Waals surface area contributed by atoms with Crippen molar-refractivity contribution in [2.75, 3.05) is 17.2 Å². The molecule has 4 aliphatic heterocycles. The Morgan fingerprint density at radius 3 is 2.52 bits per heavy atom. The van der Waals surface area contributed by atoms with Crippen molar-refractivity contribution in [2.45, 2.75) is 36.8 Å². The van der Waals surface area contributed by atoms with E-state index in [1.807, 2.05) is 85.8 Å². The van der Waals surface area contributed by atoms with Gasteiger partial charge in [0.2, 0.25) is 5.91 Å². The van der Waals surface area contributed by atoms with E-state index in [0.717, 1.165) is 22.8 Å². The molecule has 198 valence electrons. The van der Waals surface area contributed by atoms with Gasteiger partial charge >= 0.3 is 0 Å². The second-order valence-corrected chi connectivity index (χ2v) is 11.9. The minimum atomic E-state index is -1.48. The number of Topliss-reactive ketones (excluding diaryl/α,β-unsaturated/α-hetero) is 1. The molecule has 8 rings (SSSR count). The molecule has 0 radical (unpaired) electrons. The Morgan fingerprint density at radius 2 is 1.68 bits per heavy atom. The third-order valence-corrected chi connectivity index (χ3v) is 9.90. The van der Waals surface area contributed by atoms with Crippen LogP contribution in [0.25, 0.3) is 10.8 Å². The molecule has 0 unspecified atom stereocenters. The zero-order valence-corrected chi connectivity index (χ0v) is 22.6. The van der Waals surface area contributed by atoms with Gasteiger partial charge in [0.05, 0.1) is 5.92 Å². The van der Waals surface area contributed by atoms with Crippen molar-refractivity contribution in [1.29, 1.82) is 0 Å². The molecule has 4 atom stereocenters. The van der Waals surface area contributed by atoms with Crippen LogP contribution in [0.2, 0.25) is 5.02 Å². The summed E-state index contributed by atoms with van der Waals surface area (Å²) in [5.41, 5.74) is 1.15. The fourth-order valence-electron chi connectivity index (χ4n) is 8.33. The fraction of sp³-hybridized carbons (Fsp3) is 0.242. The van der Waals surface area contributed by atoms with Gasteiger partial charge in [0, 0.05) is 33.6 Å². The molecular formula is C33H26ClN3O3. The van der Waals surface area contributed by atoms with Crippen LogP contribution in [0.4, 0.5) is 11.4 Å². The van der Waals surface area contributed by atoms with Crippen molar-refractivity contribution >= 4 is 51.3 Å². The molecule has 2 spiro atoms. The van der Waals surface area contributed by atoms with Crippen molar-refractivity contribution in [3.05, 3.63) is 106 Å². The average Bonchev–Trinajstić information content (AvgIpc) is 3.67. The summed E-state index contributed by atoms with van der Waals surface area (Å²) >= 11 is 6.64. The van der Waals surface area contributed by atoms with E-state index in [0.29, 0.717) is 46.1 Å². The highest BCUT2D eigenvalue weighted by atomic mass is 35.5. The van der Waals surface area contributed by atoms with Crippen LogP contribution in [0.15, 0.2) is 78.9 Å². The molecule has 2 saturated heterocycles. The first kappa shape index (κ1) is 23.9. The normalized spacial score (nSPS) is 28.1. The van der Waals surface area contributed by atoms with Gasteiger partial charge in [-0.15, -0.1) is 0 Å². The van der Waals surface area contributed by atoms with E-state index in [1.54, 1.807) is 0 Å². The summed E-state index contributed by atoms with van der Waals surface area (Å²) in [5.74, 6) is -1.49. The first-order valence-electron chi connectivity index (χ1n) is 13.7. The van der Waals surface area contributed by atoms with Crippen LogP contribution >= 0.6 is 11.6 Å². The fourth-order valence-corrected chi connectivity index (χ4v) is 8.61. The molecule has 2 fully saturated rings. The Bertz CT molecular complexity index is 1820. The third-order valence-electron chi connectivity index (χ3n) is 9.68. The molecule has 4 heterocycles. The van der Waals surface area contributed by atoms with E-state index in [2.05, 4.69) is 15.5 Å². The number of ketones is 1. The Morgan fingerprint density at radius 1 is 0.900 bits per heavy atom. The van der Waals surface area contributed by atoms with Crippen LogP contribution in [0, 0.1) is 12.8 Å². The Hall–Kier alpha value is -4.00. The topological polar surface area (TPSA) is 78.5 Å². The number of benzene rings is 4. The van der Waals surface area contributed by atoms with Gasteiger partial charge < -0.3 is 10.6 Å². The number of carbonyl (C=O) groups excluding carboxylic acids is 3. The van der Waals surface area contributed by atoms with E-state index in [-0.39, 0.29) is 23.6 Å². The maximum atomic E-state index is 14.9.